The van der Waals surface area contributed by atoms with Crippen molar-refractivity contribution in [1.29, 1.82) is 0 Å². The van der Waals surface area contributed by atoms with Crippen molar-refractivity contribution >= 4 is 22.6 Å². The fourth-order valence-corrected chi connectivity index (χ4v) is 2.18. The summed E-state index contributed by atoms with van der Waals surface area (Å²) in [6.45, 7) is 2.15. The van der Waals surface area contributed by atoms with Crippen LogP contribution in [-0.4, -0.2) is 40.6 Å². The van der Waals surface area contributed by atoms with E-state index in [0.29, 0.717) is 17.1 Å². The first kappa shape index (κ1) is 16.2. The Morgan fingerprint density at radius 3 is 2.77 bits per heavy atom. The molecular weight excluding hydrogens is 323 g/mol. The molecule has 0 saturated heterocycles. The molecule has 7 nitrogen and oxygen atoms in total. The molecule has 1 N–H and O–H groups in total. The summed E-state index contributed by atoms with van der Waals surface area (Å²) < 4.78 is 45.3. The summed E-state index contributed by atoms with van der Waals surface area (Å²) in [4.78, 5) is 16.6. The fourth-order valence-electron chi connectivity index (χ4n) is 1.51. The molecule has 1 amide bonds. The Kier molecular flexibility index (Phi) is 4.64. The third kappa shape index (κ3) is 3.72. The number of likely N-dealkylation sites (N-methyl/N-ethyl adjacent to an activating group) is 1. The fraction of sp³-hybridized carbons (Fsp3) is 0.455. The zero-order valence-electron chi connectivity index (χ0n) is 11.6. The van der Waals surface area contributed by atoms with Crippen LogP contribution >= 0.6 is 11.5 Å². The number of nitrogens with one attached hydrogen (secondary N) is 1. The van der Waals surface area contributed by atoms with Gasteiger partial charge in [-0.1, -0.05) is 5.16 Å². The van der Waals surface area contributed by atoms with Crippen molar-refractivity contribution in [2.45, 2.75) is 13.1 Å². The van der Waals surface area contributed by atoms with E-state index in [-0.39, 0.29) is 24.0 Å². The minimum atomic E-state index is -4.56. The first-order valence-corrected chi connectivity index (χ1v) is 6.88. The molecular formula is C11H12F3N5O2S. The summed E-state index contributed by atoms with van der Waals surface area (Å²) in [6.07, 6.45) is -3.14. The number of amides is 1. The molecule has 0 bridgehead atoms. The van der Waals surface area contributed by atoms with Crippen LogP contribution < -0.4 is 10.2 Å². The van der Waals surface area contributed by atoms with Crippen molar-refractivity contribution < 1.29 is 22.5 Å². The highest BCUT2D eigenvalue weighted by Crippen LogP contribution is 2.29. The number of rotatable bonds is 5. The average Bonchev–Trinajstić information content (AvgIpc) is 3.06. The summed E-state index contributed by atoms with van der Waals surface area (Å²) in [5.74, 6) is -1.49. The van der Waals surface area contributed by atoms with Gasteiger partial charge in [0.15, 0.2) is 0 Å². The van der Waals surface area contributed by atoms with Gasteiger partial charge in [-0.25, -0.2) is 0 Å². The van der Waals surface area contributed by atoms with Crippen LogP contribution in [0, 0.1) is 6.92 Å². The van der Waals surface area contributed by atoms with Gasteiger partial charge in [-0.15, -0.1) is 0 Å². The predicted molar refractivity (Wildman–Crippen MR) is 71.8 cm³/mol. The van der Waals surface area contributed by atoms with Gasteiger partial charge < -0.3 is 14.7 Å². The zero-order valence-corrected chi connectivity index (χ0v) is 12.5. The van der Waals surface area contributed by atoms with Gasteiger partial charge in [-0.2, -0.15) is 22.5 Å². The topological polar surface area (TPSA) is 84.2 Å². The van der Waals surface area contributed by atoms with Crippen LogP contribution in [0.5, 0.6) is 0 Å². The van der Waals surface area contributed by atoms with Crippen LogP contribution in [0.3, 0.4) is 0 Å². The van der Waals surface area contributed by atoms with Crippen LogP contribution in [0.25, 0.3) is 0 Å². The quantitative estimate of drug-likeness (QED) is 0.896. The Morgan fingerprint density at radius 2 is 2.23 bits per heavy atom. The predicted octanol–water partition coefficient (Wildman–Crippen LogP) is 1.72. The maximum absolute atomic E-state index is 12.4. The van der Waals surface area contributed by atoms with E-state index >= 15 is 0 Å². The second-order valence-corrected chi connectivity index (χ2v) is 5.14. The highest BCUT2D eigenvalue weighted by Gasteiger charge is 2.36. The lowest BCUT2D eigenvalue weighted by Crippen LogP contribution is -2.33. The van der Waals surface area contributed by atoms with Crippen molar-refractivity contribution in [3.63, 3.8) is 0 Å². The third-order valence-corrected chi connectivity index (χ3v) is 3.51. The Bertz CT molecular complexity index is 654. The summed E-state index contributed by atoms with van der Waals surface area (Å²) in [5.41, 5.74) is 0.602. The number of hydrogen-bond donors (Lipinski definition) is 1. The van der Waals surface area contributed by atoms with E-state index in [2.05, 4.69) is 19.8 Å². The van der Waals surface area contributed by atoms with Crippen molar-refractivity contribution in [3.05, 3.63) is 23.3 Å². The molecule has 0 aliphatic rings. The summed E-state index contributed by atoms with van der Waals surface area (Å²) in [5, 5.41) is 6.20. The molecule has 0 spiro atoms. The van der Waals surface area contributed by atoms with E-state index in [4.69, 9.17) is 4.52 Å². The number of alkyl halides is 3. The standard InChI is InChI=1S/C11H12F3N5O2S/c1-6-5-16-21-7(6)8(20)15-3-4-19(2)10-17-9(18-22-10)11(12,13)14/h5H,3-4H2,1-2H3,(H,15,20). The smallest absolute Gasteiger partial charge is 0.351 e. The second kappa shape index (κ2) is 6.30. The molecule has 0 unspecified atom stereocenters. The van der Waals surface area contributed by atoms with Gasteiger partial charge in [0, 0.05) is 37.2 Å². The van der Waals surface area contributed by atoms with Gasteiger partial charge in [-0.05, 0) is 6.92 Å². The number of carbonyl (C=O) groups is 1. The summed E-state index contributed by atoms with van der Waals surface area (Å²) in [7, 11) is 1.56. The molecule has 2 heterocycles. The molecule has 0 atom stereocenters. The molecule has 0 aliphatic carbocycles. The number of nitrogens with zero attached hydrogens (tertiary/aromatic N) is 4. The normalized spacial score (nSPS) is 11.5. The van der Waals surface area contributed by atoms with E-state index in [1.165, 1.54) is 11.1 Å². The van der Waals surface area contributed by atoms with Crippen LogP contribution in [0.1, 0.15) is 21.9 Å². The number of hydrogen-bond acceptors (Lipinski definition) is 7. The minimum Gasteiger partial charge on any atom is -0.351 e. The number of aromatic nitrogens is 3. The molecule has 2 rings (SSSR count). The lowest BCUT2D eigenvalue weighted by molar-refractivity contribution is -0.144. The molecule has 0 aromatic carbocycles. The third-order valence-electron chi connectivity index (χ3n) is 2.68. The first-order valence-electron chi connectivity index (χ1n) is 6.10. The molecule has 2 aromatic heterocycles. The molecule has 0 saturated carbocycles. The zero-order chi connectivity index (χ0) is 16.3. The maximum Gasteiger partial charge on any atom is 0.452 e. The molecule has 120 valence electrons. The van der Waals surface area contributed by atoms with E-state index in [1.807, 2.05) is 0 Å². The lowest BCUT2D eigenvalue weighted by Gasteiger charge is -2.15. The Labute approximate surface area is 127 Å². The molecule has 0 aliphatic heterocycles. The molecule has 0 radical (unpaired) electrons. The molecule has 11 heteroatoms. The largest absolute Gasteiger partial charge is 0.452 e. The van der Waals surface area contributed by atoms with Gasteiger partial charge in [0.1, 0.15) is 0 Å². The van der Waals surface area contributed by atoms with Crippen molar-refractivity contribution in [3.8, 4) is 0 Å². The van der Waals surface area contributed by atoms with Crippen LogP contribution in [-0.2, 0) is 6.18 Å². The van der Waals surface area contributed by atoms with Crippen molar-refractivity contribution in [2.24, 2.45) is 0 Å². The monoisotopic (exact) mass is 335 g/mol. The first-order chi connectivity index (χ1) is 10.3. The number of carbonyl (C=O) groups excluding carboxylic acids is 1. The van der Waals surface area contributed by atoms with Gasteiger partial charge in [0.25, 0.3) is 5.91 Å². The molecule has 2 aromatic rings. The second-order valence-electron chi connectivity index (χ2n) is 4.41. The maximum atomic E-state index is 12.4. The SMILES string of the molecule is Cc1cnoc1C(=O)NCCN(C)c1nc(C(F)(F)F)ns1. The summed E-state index contributed by atoms with van der Waals surface area (Å²) >= 11 is 0.647. The van der Waals surface area contributed by atoms with Crippen molar-refractivity contribution in [2.75, 3.05) is 25.0 Å². The van der Waals surface area contributed by atoms with E-state index < -0.39 is 17.9 Å². The lowest BCUT2D eigenvalue weighted by atomic mass is 10.3. The van der Waals surface area contributed by atoms with E-state index in [1.54, 1.807) is 14.0 Å². The highest BCUT2D eigenvalue weighted by atomic mass is 32.1. The Morgan fingerprint density at radius 1 is 1.50 bits per heavy atom. The number of anilines is 1. The Balaban J connectivity index is 1.85. The Hall–Kier alpha value is -2.17. The van der Waals surface area contributed by atoms with Gasteiger partial charge in [0.2, 0.25) is 16.7 Å². The average molecular weight is 335 g/mol. The molecule has 22 heavy (non-hydrogen) atoms. The minimum absolute atomic E-state index is 0.109. The number of halogens is 3. The van der Waals surface area contributed by atoms with E-state index in [0.717, 1.165) is 0 Å². The number of aryl methyl sites for hydroxylation is 1. The van der Waals surface area contributed by atoms with Gasteiger partial charge in [0.05, 0.1) is 6.20 Å². The van der Waals surface area contributed by atoms with Gasteiger partial charge >= 0.3 is 6.18 Å². The summed E-state index contributed by atoms with van der Waals surface area (Å²) in [6, 6.07) is 0. The van der Waals surface area contributed by atoms with E-state index in [9.17, 15) is 18.0 Å². The van der Waals surface area contributed by atoms with Crippen LogP contribution in [0.15, 0.2) is 10.7 Å². The van der Waals surface area contributed by atoms with Crippen LogP contribution in [0.4, 0.5) is 18.3 Å². The van der Waals surface area contributed by atoms with Crippen molar-refractivity contribution in [1.82, 2.24) is 19.8 Å². The molecule has 0 fully saturated rings. The highest BCUT2D eigenvalue weighted by molar-refractivity contribution is 7.09. The van der Waals surface area contributed by atoms with Gasteiger partial charge in [-0.3, -0.25) is 4.79 Å². The van der Waals surface area contributed by atoms with Crippen LogP contribution in [0.2, 0.25) is 0 Å².